The molecule has 0 atom stereocenters. The first-order valence-electron chi connectivity index (χ1n) is 7.19. The molecule has 0 aliphatic carbocycles. The van der Waals surface area contributed by atoms with Crippen molar-refractivity contribution in [3.8, 4) is 0 Å². The predicted molar refractivity (Wildman–Crippen MR) is 79.3 cm³/mol. The normalized spacial score (nSPS) is 15.2. The number of carbonyl (C=O) groups excluding carboxylic acids is 2. The van der Waals surface area contributed by atoms with Gasteiger partial charge in [-0.05, 0) is 31.4 Å². The fraction of sp³-hybridized carbons (Fsp3) is 0.400. The Morgan fingerprint density at radius 1 is 1.24 bits per heavy atom. The van der Waals surface area contributed by atoms with Gasteiger partial charge in [0.05, 0.1) is 17.3 Å². The maximum Gasteiger partial charge on any atom is 0.257 e. The zero-order valence-electron chi connectivity index (χ0n) is 12.0. The number of carbonyl (C=O) groups is 2. The van der Waals surface area contributed by atoms with Gasteiger partial charge in [0, 0.05) is 31.9 Å². The molecule has 21 heavy (non-hydrogen) atoms. The monoisotopic (exact) mass is 286 g/mol. The number of hydrogen-bond donors (Lipinski definition) is 1. The Labute approximate surface area is 122 Å². The van der Waals surface area contributed by atoms with E-state index in [1.807, 2.05) is 4.90 Å². The number of aromatic nitrogens is 2. The molecule has 1 fully saturated rings. The topological polar surface area (TPSA) is 66.7 Å². The van der Waals surface area contributed by atoms with E-state index in [4.69, 9.17) is 0 Å². The average Bonchev–Trinajstić information content (AvgIpc) is 2.90. The van der Waals surface area contributed by atoms with Crippen LogP contribution in [0.4, 0.5) is 5.69 Å². The Balaban J connectivity index is 1.94. The quantitative estimate of drug-likeness (QED) is 0.917. The van der Waals surface area contributed by atoms with Crippen LogP contribution < -0.4 is 5.32 Å². The first-order chi connectivity index (χ1) is 10.1. The molecule has 6 nitrogen and oxygen atoms in total. The number of piperidine rings is 1. The number of nitrogens with one attached hydrogen (secondary N) is 1. The molecular formula is C15H18N4O2. The molecule has 2 aromatic rings. The smallest absolute Gasteiger partial charge is 0.257 e. The predicted octanol–water partition coefficient (Wildman–Crippen LogP) is 1.92. The second-order valence-corrected chi connectivity index (χ2v) is 5.34. The molecule has 0 aromatic carbocycles. The minimum atomic E-state index is -0.136. The molecule has 1 N–H and O–H groups in total. The Morgan fingerprint density at radius 2 is 2.00 bits per heavy atom. The number of anilines is 1. The molecular weight excluding hydrogens is 268 g/mol. The Morgan fingerprint density at radius 3 is 2.71 bits per heavy atom. The molecule has 3 rings (SSSR count). The van der Waals surface area contributed by atoms with Gasteiger partial charge in [-0.25, -0.2) is 4.52 Å². The lowest BCUT2D eigenvalue weighted by atomic mass is 10.1. The van der Waals surface area contributed by atoms with Crippen LogP contribution in [0.5, 0.6) is 0 Å². The van der Waals surface area contributed by atoms with Gasteiger partial charge in [-0.15, -0.1) is 0 Å². The van der Waals surface area contributed by atoms with E-state index < -0.39 is 0 Å². The van der Waals surface area contributed by atoms with E-state index in [1.165, 1.54) is 13.3 Å². The Hall–Kier alpha value is -2.37. The van der Waals surface area contributed by atoms with Gasteiger partial charge in [-0.2, -0.15) is 5.10 Å². The van der Waals surface area contributed by atoms with Crippen molar-refractivity contribution in [1.82, 2.24) is 14.5 Å². The second-order valence-electron chi connectivity index (χ2n) is 5.34. The van der Waals surface area contributed by atoms with Gasteiger partial charge in [0.2, 0.25) is 5.91 Å². The summed E-state index contributed by atoms with van der Waals surface area (Å²) in [5.41, 5.74) is 1.98. The van der Waals surface area contributed by atoms with Gasteiger partial charge >= 0.3 is 0 Å². The summed E-state index contributed by atoms with van der Waals surface area (Å²) in [6, 6.07) is 3.54. The fourth-order valence-corrected chi connectivity index (χ4v) is 2.69. The second kappa shape index (κ2) is 5.55. The van der Waals surface area contributed by atoms with E-state index in [1.54, 1.807) is 29.0 Å². The summed E-state index contributed by atoms with van der Waals surface area (Å²) in [5, 5.41) is 6.94. The standard InChI is InChI=1S/C15H18N4O2/c1-11(20)17-12-5-8-19-14(9-12)13(10-16-19)15(21)18-6-3-2-4-7-18/h5,8-10H,2-4,6-7H2,1H3,(H,17,20). The molecule has 0 radical (unpaired) electrons. The largest absolute Gasteiger partial charge is 0.339 e. The first kappa shape index (κ1) is 13.6. The first-order valence-corrected chi connectivity index (χ1v) is 7.19. The van der Waals surface area contributed by atoms with Crippen molar-refractivity contribution in [2.45, 2.75) is 26.2 Å². The molecule has 110 valence electrons. The zero-order valence-corrected chi connectivity index (χ0v) is 12.0. The van der Waals surface area contributed by atoms with E-state index in [-0.39, 0.29) is 11.8 Å². The third-order valence-electron chi connectivity index (χ3n) is 3.72. The molecule has 0 saturated carbocycles. The van der Waals surface area contributed by atoms with E-state index in [0.717, 1.165) is 31.4 Å². The zero-order chi connectivity index (χ0) is 14.8. The van der Waals surface area contributed by atoms with Gasteiger partial charge in [-0.1, -0.05) is 0 Å². The molecule has 1 aliphatic rings. The van der Waals surface area contributed by atoms with Crippen molar-refractivity contribution in [3.63, 3.8) is 0 Å². The molecule has 1 saturated heterocycles. The number of hydrogen-bond acceptors (Lipinski definition) is 3. The number of rotatable bonds is 2. The molecule has 2 amide bonds. The summed E-state index contributed by atoms with van der Waals surface area (Å²) in [6.07, 6.45) is 6.65. The van der Waals surface area contributed by atoms with E-state index in [2.05, 4.69) is 10.4 Å². The van der Waals surface area contributed by atoms with Crippen molar-refractivity contribution < 1.29 is 9.59 Å². The summed E-state index contributed by atoms with van der Waals surface area (Å²) in [7, 11) is 0. The Bertz CT molecular complexity index is 686. The van der Waals surface area contributed by atoms with E-state index >= 15 is 0 Å². The van der Waals surface area contributed by atoms with Crippen LogP contribution in [-0.4, -0.2) is 39.4 Å². The third-order valence-corrected chi connectivity index (χ3v) is 3.72. The van der Waals surface area contributed by atoms with Gasteiger partial charge in [0.1, 0.15) is 0 Å². The van der Waals surface area contributed by atoms with Gasteiger partial charge < -0.3 is 10.2 Å². The highest BCUT2D eigenvalue weighted by atomic mass is 16.2. The molecule has 1 aliphatic heterocycles. The molecule has 0 spiro atoms. The van der Waals surface area contributed by atoms with Crippen LogP contribution in [0, 0.1) is 0 Å². The van der Waals surface area contributed by atoms with Crippen LogP contribution >= 0.6 is 0 Å². The van der Waals surface area contributed by atoms with E-state index in [9.17, 15) is 9.59 Å². The maximum absolute atomic E-state index is 12.6. The summed E-state index contributed by atoms with van der Waals surface area (Å²) < 4.78 is 1.66. The summed E-state index contributed by atoms with van der Waals surface area (Å²) in [6.45, 7) is 3.07. The van der Waals surface area contributed by atoms with Crippen LogP contribution in [0.15, 0.2) is 24.5 Å². The molecule has 6 heteroatoms. The highest BCUT2D eigenvalue weighted by Gasteiger charge is 2.21. The summed E-state index contributed by atoms with van der Waals surface area (Å²) in [4.78, 5) is 25.6. The fourth-order valence-electron chi connectivity index (χ4n) is 2.69. The lowest BCUT2D eigenvalue weighted by Crippen LogP contribution is -2.35. The van der Waals surface area contributed by atoms with E-state index in [0.29, 0.717) is 11.3 Å². The number of amides is 2. The van der Waals surface area contributed by atoms with Crippen molar-refractivity contribution in [2.75, 3.05) is 18.4 Å². The van der Waals surface area contributed by atoms with Crippen LogP contribution in [0.1, 0.15) is 36.5 Å². The number of nitrogens with zero attached hydrogens (tertiary/aromatic N) is 3. The van der Waals surface area contributed by atoms with Crippen LogP contribution in [-0.2, 0) is 4.79 Å². The number of fused-ring (bicyclic) bond motifs is 1. The van der Waals surface area contributed by atoms with Crippen molar-refractivity contribution in [1.29, 1.82) is 0 Å². The number of likely N-dealkylation sites (tertiary alicyclic amines) is 1. The highest BCUT2D eigenvalue weighted by Crippen LogP contribution is 2.19. The lowest BCUT2D eigenvalue weighted by Gasteiger charge is -2.26. The average molecular weight is 286 g/mol. The lowest BCUT2D eigenvalue weighted by molar-refractivity contribution is -0.114. The van der Waals surface area contributed by atoms with Crippen LogP contribution in [0.3, 0.4) is 0 Å². The SMILES string of the molecule is CC(=O)Nc1ccn2ncc(C(=O)N3CCCCC3)c2c1. The minimum Gasteiger partial charge on any atom is -0.339 e. The van der Waals surface area contributed by atoms with Gasteiger partial charge in [0.15, 0.2) is 0 Å². The molecule has 0 bridgehead atoms. The molecule has 3 heterocycles. The van der Waals surface area contributed by atoms with Gasteiger partial charge in [0.25, 0.3) is 5.91 Å². The highest BCUT2D eigenvalue weighted by molar-refractivity contribution is 6.01. The minimum absolute atomic E-state index is 0.0182. The number of pyridine rings is 1. The van der Waals surface area contributed by atoms with Crippen molar-refractivity contribution >= 4 is 23.0 Å². The Kier molecular flexibility index (Phi) is 3.60. The molecule has 2 aromatic heterocycles. The summed E-state index contributed by atoms with van der Waals surface area (Å²) >= 11 is 0. The maximum atomic E-state index is 12.6. The van der Waals surface area contributed by atoms with Crippen LogP contribution in [0.25, 0.3) is 5.52 Å². The van der Waals surface area contributed by atoms with Gasteiger partial charge in [-0.3, -0.25) is 9.59 Å². The van der Waals surface area contributed by atoms with Crippen molar-refractivity contribution in [2.24, 2.45) is 0 Å². The summed E-state index contributed by atoms with van der Waals surface area (Å²) in [5.74, 6) is -0.118. The molecule has 0 unspecified atom stereocenters. The van der Waals surface area contributed by atoms with Crippen LogP contribution in [0.2, 0.25) is 0 Å². The third kappa shape index (κ3) is 2.74. The van der Waals surface area contributed by atoms with Crippen molar-refractivity contribution in [3.05, 3.63) is 30.1 Å².